The first kappa shape index (κ1) is 19.2. The Bertz CT molecular complexity index is 853. The Morgan fingerprint density at radius 1 is 1.18 bits per heavy atom. The van der Waals surface area contributed by atoms with Gasteiger partial charge in [-0.2, -0.15) is 0 Å². The Kier molecular flexibility index (Phi) is 5.78. The highest BCUT2D eigenvalue weighted by atomic mass is 35.5. The molecule has 1 aromatic carbocycles. The van der Waals surface area contributed by atoms with Gasteiger partial charge in [-0.1, -0.05) is 23.2 Å². The molecule has 8 heteroatoms. The highest BCUT2D eigenvalue weighted by Crippen LogP contribution is 2.38. The molecule has 0 spiro atoms. The fourth-order valence-corrected chi connectivity index (χ4v) is 3.93. The first-order chi connectivity index (χ1) is 13.6. The second kappa shape index (κ2) is 8.45. The van der Waals surface area contributed by atoms with Gasteiger partial charge in [0.25, 0.3) is 0 Å². The van der Waals surface area contributed by atoms with Crippen molar-refractivity contribution in [2.45, 2.75) is 19.4 Å². The number of fused-ring (bicyclic) bond motifs is 1. The third kappa shape index (κ3) is 4.28. The Labute approximate surface area is 173 Å². The van der Waals surface area contributed by atoms with Crippen molar-refractivity contribution in [3.8, 4) is 11.5 Å². The standard InChI is InChI=1S/C20H21Cl2N3O3/c21-15-1-2-18(23-12-15)25-5-3-14(4-6-25)20(26)24-11-13-9-16(22)19-17(10-13)27-7-8-28-19/h1-2,9-10,12,14H,3-8,11H2,(H,24,26). The van der Waals surface area contributed by atoms with Crippen LogP contribution in [-0.2, 0) is 11.3 Å². The smallest absolute Gasteiger partial charge is 0.223 e. The summed E-state index contributed by atoms with van der Waals surface area (Å²) in [7, 11) is 0. The zero-order valence-corrected chi connectivity index (χ0v) is 16.8. The van der Waals surface area contributed by atoms with Crippen molar-refractivity contribution in [3.63, 3.8) is 0 Å². The number of amides is 1. The van der Waals surface area contributed by atoms with Gasteiger partial charge >= 0.3 is 0 Å². The monoisotopic (exact) mass is 421 g/mol. The number of halogens is 2. The Balaban J connectivity index is 1.30. The predicted molar refractivity (Wildman–Crippen MR) is 108 cm³/mol. The largest absolute Gasteiger partial charge is 0.486 e. The van der Waals surface area contributed by atoms with Gasteiger partial charge in [-0.25, -0.2) is 4.98 Å². The predicted octanol–water partition coefficient (Wildman–Crippen LogP) is 3.69. The normalized spacial score (nSPS) is 16.7. The van der Waals surface area contributed by atoms with Crippen LogP contribution in [0.3, 0.4) is 0 Å². The average molecular weight is 422 g/mol. The van der Waals surface area contributed by atoms with Crippen molar-refractivity contribution in [3.05, 3.63) is 46.1 Å². The van der Waals surface area contributed by atoms with E-state index in [0.717, 1.165) is 37.3 Å². The minimum Gasteiger partial charge on any atom is -0.486 e. The summed E-state index contributed by atoms with van der Waals surface area (Å²) >= 11 is 12.2. The number of nitrogens with one attached hydrogen (secondary N) is 1. The number of anilines is 1. The Morgan fingerprint density at radius 2 is 1.96 bits per heavy atom. The van der Waals surface area contributed by atoms with E-state index in [1.54, 1.807) is 6.20 Å². The molecule has 1 saturated heterocycles. The highest BCUT2D eigenvalue weighted by Gasteiger charge is 2.25. The number of benzene rings is 1. The number of carbonyl (C=O) groups excluding carboxylic acids is 1. The minimum atomic E-state index is -0.00349. The van der Waals surface area contributed by atoms with E-state index in [0.29, 0.717) is 41.3 Å². The number of carbonyl (C=O) groups is 1. The summed E-state index contributed by atoms with van der Waals surface area (Å²) in [6, 6.07) is 7.43. The molecule has 0 aliphatic carbocycles. The van der Waals surface area contributed by atoms with Crippen LogP contribution in [0.4, 0.5) is 5.82 Å². The van der Waals surface area contributed by atoms with Crippen molar-refractivity contribution in [1.82, 2.24) is 10.3 Å². The van der Waals surface area contributed by atoms with Crippen LogP contribution in [0.2, 0.25) is 10.0 Å². The fourth-order valence-electron chi connectivity index (χ4n) is 3.53. The molecule has 0 unspecified atom stereocenters. The van der Waals surface area contributed by atoms with E-state index >= 15 is 0 Å². The summed E-state index contributed by atoms with van der Waals surface area (Å²) in [5.41, 5.74) is 0.894. The summed E-state index contributed by atoms with van der Waals surface area (Å²) < 4.78 is 11.1. The van der Waals surface area contributed by atoms with Crippen molar-refractivity contribution in [1.29, 1.82) is 0 Å². The molecular formula is C20H21Cl2N3O3. The molecule has 1 aromatic heterocycles. The van der Waals surface area contributed by atoms with Gasteiger partial charge in [-0.3, -0.25) is 4.79 Å². The summed E-state index contributed by atoms with van der Waals surface area (Å²) in [5, 5.41) is 4.15. The lowest BCUT2D eigenvalue weighted by molar-refractivity contribution is -0.125. The number of hydrogen-bond donors (Lipinski definition) is 1. The van der Waals surface area contributed by atoms with E-state index in [-0.39, 0.29) is 11.8 Å². The molecule has 148 valence electrons. The van der Waals surface area contributed by atoms with E-state index in [2.05, 4.69) is 15.2 Å². The molecule has 0 radical (unpaired) electrons. The Hall–Kier alpha value is -2.18. The lowest BCUT2D eigenvalue weighted by Crippen LogP contribution is -2.40. The molecule has 2 aliphatic rings. The van der Waals surface area contributed by atoms with Crippen molar-refractivity contribution in [2.24, 2.45) is 5.92 Å². The molecule has 1 fully saturated rings. The topological polar surface area (TPSA) is 63.7 Å². The Morgan fingerprint density at radius 3 is 2.71 bits per heavy atom. The summed E-state index contributed by atoms with van der Waals surface area (Å²) in [6.45, 7) is 2.99. The number of piperidine rings is 1. The maximum absolute atomic E-state index is 12.6. The molecule has 2 aromatic rings. The van der Waals surface area contributed by atoms with E-state index in [9.17, 15) is 4.79 Å². The average Bonchev–Trinajstić information content (AvgIpc) is 2.73. The van der Waals surface area contributed by atoms with Gasteiger partial charge in [0.1, 0.15) is 19.0 Å². The number of rotatable bonds is 4. The summed E-state index contributed by atoms with van der Waals surface area (Å²) in [5.74, 6) is 2.16. The second-order valence-corrected chi connectivity index (χ2v) is 7.76. The molecule has 3 heterocycles. The maximum Gasteiger partial charge on any atom is 0.223 e. The number of pyridine rings is 1. The van der Waals surface area contributed by atoms with Gasteiger partial charge in [0, 0.05) is 31.7 Å². The molecule has 1 N–H and O–H groups in total. The van der Waals surface area contributed by atoms with Crippen LogP contribution in [0, 0.1) is 5.92 Å². The van der Waals surface area contributed by atoms with Gasteiger partial charge in [0.2, 0.25) is 5.91 Å². The molecule has 0 saturated carbocycles. The van der Waals surface area contributed by atoms with Crippen LogP contribution in [-0.4, -0.2) is 37.2 Å². The number of nitrogens with zero attached hydrogens (tertiary/aromatic N) is 2. The van der Waals surface area contributed by atoms with Gasteiger partial charge < -0.3 is 19.7 Å². The third-order valence-corrected chi connectivity index (χ3v) is 5.53. The number of ether oxygens (including phenoxy) is 2. The van der Waals surface area contributed by atoms with Gasteiger partial charge in [-0.05, 0) is 42.7 Å². The molecule has 4 rings (SSSR count). The van der Waals surface area contributed by atoms with Crippen molar-refractivity contribution in [2.75, 3.05) is 31.2 Å². The van der Waals surface area contributed by atoms with Crippen LogP contribution >= 0.6 is 23.2 Å². The van der Waals surface area contributed by atoms with E-state index in [1.807, 2.05) is 24.3 Å². The minimum absolute atomic E-state index is 0.00349. The maximum atomic E-state index is 12.6. The lowest BCUT2D eigenvalue weighted by Gasteiger charge is -2.32. The summed E-state index contributed by atoms with van der Waals surface area (Å²) in [6.07, 6.45) is 3.23. The van der Waals surface area contributed by atoms with E-state index in [4.69, 9.17) is 32.7 Å². The molecule has 6 nitrogen and oxygen atoms in total. The first-order valence-corrected chi connectivity index (χ1v) is 10.1. The van der Waals surface area contributed by atoms with Crippen molar-refractivity contribution < 1.29 is 14.3 Å². The van der Waals surface area contributed by atoms with Gasteiger partial charge in [0.15, 0.2) is 11.5 Å². The number of hydrogen-bond acceptors (Lipinski definition) is 5. The van der Waals surface area contributed by atoms with Crippen LogP contribution in [0.1, 0.15) is 18.4 Å². The first-order valence-electron chi connectivity index (χ1n) is 9.32. The number of aromatic nitrogens is 1. The SMILES string of the molecule is O=C(NCc1cc(Cl)c2c(c1)OCCO2)C1CCN(c2ccc(Cl)cn2)CC1. The van der Waals surface area contributed by atoms with Crippen LogP contribution in [0.5, 0.6) is 11.5 Å². The van der Waals surface area contributed by atoms with Crippen molar-refractivity contribution >= 4 is 34.9 Å². The third-order valence-electron chi connectivity index (χ3n) is 5.02. The molecule has 1 amide bonds. The lowest BCUT2D eigenvalue weighted by atomic mass is 9.96. The van der Waals surface area contributed by atoms with Crippen LogP contribution < -0.4 is 19.7 Å². The highest BCUT2D eigenvalue weighted by molar-refractivity contribution is 6.32. The molecule has 0 bridgehead atoms. The fraction of sp³-hybridized carbons (Fsp3) is 0.400. The van der Waals surface area contributed by atoms with Gasteiger partial charge in [0.05, 0.1) is 10.0 Å². The zero-order valence-electron chi connectivity index (χ0n) is 15.3. The van der Waals surface area contributed by atoms with Gasteiger partial charge in [-0.15, -0.1) is 0 Å². The zero-order chi connectivity index (χ0) is 19.5. The molecule has 2 aliphatic heterocycles. The van der Waals surface area contributed by atoms with Crippen LogP contribution in [0.25, 0.3) is 0 Å². The summed E-state index contributed by atoms with van der Waals surface area (Å²) in [4.78, 5) is 19.1. The van der Waals surface area contributed by atoms with Crippen LogP contribution in [0.15, 0.2) is 30.5 Å². The van der Waals surface area contributed by atoms with E-state index < -0.39 is 0 Å². The molecule has 0 atom stereocenters. The van der Waals surface area contributed by atoms with E-state index in [1.165, 1.54) is 0 Å². The second-order valence-electron chi connectivity index (χ2n) is 6.92. The molecular weight excluding hydrogens is 401 g/mol. The quantitative estimate of drug-likeness (QED) is 0.815. The molecule has 28 heavy (non-hydrogen) atoms.